The molecule has 4 nitrogen and oxygen atoms in total. The lowest BCUT2D eigenvalue weighted by Crippen LogP contribution is -2.11. The number of hydrogen-bond donors (Lipinski definition) is 1. The van der Waals surface area contributed by atoms with Gasteiger partial charge in [-0.1, -0.05) is 22.9 Å². The van der Waals surface area contributed by atoms with Gasteiger partial charge in [-0.05, 0) is 37.9 Å². The first-order valence-corrected chi connectivity index (χ1v) is 9.05. The van der Waals surface area contributed by atoms with Gasteiger partial charge < -0.3 is 0 Å². The van der Waals surface area contributed by atoms with Gasteiger partial charge >= 0.3 is 0 Å². The number of rotatable bonds is 3. The van der Waals surface area contributed by atoms with E-state index in [0.717, 1.165) is 15.1 Å². The van der Waals surface area contributed by atoms with Crippen LogP contribution >= 0.6 is 66.1 Å². The third-order valence-corrected chi connectivity index (χ3v) is 7.38. The van der Waals surface area contributed by atoms with E-state index in [0.29, 0.717) is 13.9 Å². The Hall–Kier alpha value is 0.330. The summed E-state index contributed by atoms with van der Waals surface area (Å²) < 4.78 is 28.1. The van der Waals surface area contributed by atoms with Crippen LogP contribution in [-0.2, 0) is 10.0 Å². The number of nitrogens with zero attached hydrogens (tertiary/aromatic N) is 1. The fourth-order valence-corrected chi connectivity index (χ4v) is 6.33. The third-order valence-electron chi connectivity index (χ3n) is 1.57. The summed E-state index contributed by atoms with van der Waals surface area (Å²) in [5.74, 6) is 0. The van der Waals surface area contributed by atoms with Crippen LogP contribution in [0, 0.1) is 0 Å². The maximum absolute atomic E-state index is 12.0. The van der Waals surface area contributed by atoms with Crippen LogP contribution in [0.4, 0.5) is 5.13 Å². The van der Waals surface area contributed by atoms with Crippen molar-refractivity contribution in [1.29, 1.82) is 0 Å². The molecule has 0 unspecified atom stereocenters. The van der Waals surface area contributed by atoms with Crippen molar-refractivity contribution in [2.75, 3.05) is 4.72 Å². The summed E-state index contributed by atoms with van der Waals surface area (Å²) in [7, 11) is -3.65. The Morgan fingerprint density at radius 1 is 1.35 bits per heavy atom. The van der Waals surface area contributed by atoms with Gasteiger partial charge in [0, 0.05) is 0 Å². The number of thiophene rings is 1. The fourth-order valence-electron chi connectivity index (χ4n) is 0.971. The summed E-state index contributed by atoms with van der Waals surface area (Å²) in [6.45, 7) is 0. The zero-order valence-corrected chi connectivity index (χ0v) is 14.2. The van der Waals surface area contributed by atoms with Crippen molar-refractivity contribution in [2.45, 2.75) is 4.21 Å². The summed E-state index contributed by atoms with van der Waals surface area (Å²) in [6, 6.07) is 1.54. The molecular formula is C7H3Br2ClN2O2S3. The van der Waals surface area contributed by atoms with Gasteiger partial charge in [-0.3, -0.25) is 4.72 Å². The molecule has 2 aromatic rings. The molecule has 92 valence electrons. The summed E-state index contributed by atoms with van der Waals surface area (Å²) >= 11 is 14.3. The fraction of sp³-hybridized carbons (Fsp3) is 0. The molecule has 0 spiro atoms. The van der Waals surface area contributed by atoms with Gasteiger partial charge in [0.15, 0.2) is 9.34 Å². The van der Waals surface area contributed by atoms with E-state index in [9.17, 15) is 8.42 Å². The zero-order valence-electron chi connectivity index (χ0n) is 7.78. The zero-order chi connectivity index (χ0) is 12.6. The molecule has 0 radical (unpaired) electrons. The first-order valence-electron chi connectivity index (χ1n) is 3.97. The molecule has 0 saturated heterocycles. The van der Waals surface area contributed by atoms with Crippen LogP contribution in [0.25, 0.3) is 0 Å². The molecule has 2 rings (SSSR count). The van der Waals surface area contributed by atoms with Crippen molar-refractivity contribution in [3.05, 3.63) is 24.9 Å². The topological polar surface area (TPSA) is 59.1 Å². The van der Waals surface area contributed by atoms with E-state index in [1.165, 1.54) is 17.5 Å². The van der Waals surface area contributed by atoms with Crippen molar-refractivity contribution in [1.82, 2.24) is 4.98 Å². The molecule has 0 aromatic carbocycles. The van der Waals surface area contributed by atoms with Gasteiger partial charge in [0.25, 0.3) is 10.0 Å². The van der Waals surface area contributed by atoms with E-state index in [1.807, 2.05) is 0 Å². The average Bonchev–Trinajstić information content (AvgIpc) is 2.72. The van der Waals surface area contributed by atoms with Gasteiger partial charge in [-0.2, -0.15) is 0 Å². The van der Waals surface area contributed by atoms with E-state index < -0.39 is 10.0 Å². The quantitative estimate of drug-likeness (QED) is 0.782. The number of nitrogens with one attached hydrogen (secondary N) is 1. The Labute approximate surface area is 127 Å². The Morgan fingerprint density at radius 2 is 2.06 bits per heavy atom. The molecule has 0 fully saturated rings. The minimum atomic E-state index is -3.65. The molecular weight excluding hydrogens is 436 g/mol. The number of thiazole rings is 1. The smallest absolute Gasteiger partial charge is 0.254 e. The highest BCUT2D eigenvalue weighted by Gasteiger charge is 2.22. The highest BCUT2D eigenvalue weighted by Crippen LogP contribution is 2.36. The Morgan fingerprint density at radius 3 is 2.53 bits per heavy atom. The number of hydrogen-bond acceptors (Lipinski definition) is 5. The van der Waals surface area contributed by atoms with Gasteiger partial charge in [-0.15, -0.1) is 11.3 Å². The van der Waals surface area contributed by atoms with Crippen molar-refractivity contribution in [2.24, 2.45) is 0 Å². The highest BCUT2D eigenvalue weighted by molar-refractivity contribution is 9.11. The molecule has 0 aliphatic heterocycles. The lowest BCUT2D eigenvalue weighted by atomic mass is 10.7. The average molecular weight is 439 g/mol. The third kappa shape index (κ3) is 3.21. The van der Waals surface area contributed by atoms with Crippen LogP contribution in [-0.4, -0.2) is 13.4 Å². The van der Waals surface area contributed by atoms with Crippen LogP contribution in [0.5, 0.6) is 0 Å². The van der Waals surface area contributed by atoms with E-state index in [2.05, 4.69) is 41.6 Å². The molecule has 0 amide bonds. The minimum absolute atomic E-state index is 0.133. The molecule has 2 aromatic heterocycles. The maximum atomic E-state index is 12.0. The van der Waals surface area contributed by atoms with Crippen LogP contribution < -0.4 is 4.72 Å². The number of halogens is 3. The van der Waals surface area contributed by atoms with Crippen molar-refractivity contribution in [3.63, 3.8) is 0 Å². The van der Waals surface area contributed by atoms with Crippen LogP contribution in [0.3, 0.4) is 0 Å². The molecule has 0 bridgehead atoms. The predicted octanol–water partition coefficient (Wildman–Crippen LogP) is 4.18. The molecule has 0 atom stereocenters. The van der Waals surface area contributed by atoms with E-state index in [1.54, 1.807) is 6.07 Å². The maximum Gasteiger partial charge on any atom is 0.274 e. The summed E-state index contributed by atoms with van der Waals surface area (Å²) in [5.41, 5.74) is 0. The van der Waals surface area contributed by atoms with Crippen molar-refractivity contribution in [3.8, 4) is 0 Å². The van der Waals surface area contributed by atoms with Crippen LogP contribution in [0.2, 0.25) is 4.34 Å². The molecule has 0 aliphatic carbocycles. The van der Waals surface area contributed by atoms with Crippen LogP contribution in [0.1, 0.15) is 0 Å². The lowest BCUT2D eigenvalue weighted by Gasteiger charge is -2.02. The summed E-state index contributed by atoms with van der Waals surface area (Å²) in [4.78, 5) is 3.90. The summed E-state index contributed by atoms with van der Waals surface area (Å²) in [6.07, 6.45) is 1.53. The minimum Gasteiger partial charge on any atom is -0.254 e. The normalized spacial score (nSPS) is 11.7. The first kappa shape index (κ1) is 13.8. The van der Waals surface area contributed by atoms with Gasteiger partial charge in [0.2, 0.25) is 0 Å². The second-order valence-electron chi connectivity index (χ2n) is 2.76. The second-order valence-corrected chi connectivity index (χ2v) is 9.59. The van der Waals surface area contributed by atoms with Gasteiger partial charge in [0.1, 0.15) is 0 Å². The molecule has 2 heterocycles. The number of sulfonamides is 1. The highest BCUT2D eigenvalue weighted by atomic mass is 79.9. The molecule has 17 heavy (non-hydrogen) atoms. The SMILES string of the molecule is O=S(=O)(Nc1ncc(Br)s1)c1sc(Cl)cc1Br. The summed E-state index contributed by atoms with van der Waals surface area (Å²) in [5, 5.41) is 0.299. The number of aromatic nitrogens is 1. The monoisotopic (exact) mass is 436 g/mol. The van der Waals surface area contributed by atoms with E-state index in [4.69, 9.17) is 11.6 Å². The van der Waals surface area contributed by atoms with E-state index in [-0.39, 0.29) is 4.21 Å². The Balaban J connectivity index is 2.34. The molecule has 1 N–H and O–H groups in total. The standard InChI is InChI=1S/C7H3Br2ClN2O2S3/c8-3-1-5(10)16-6(3)17(13,14)12-7-11-2-4(9)15-7/h1-2H,(H,11,12). The Bertz CT molecular complexity index is 652. The van der Waals surface area contributed by atoms with Gasteiger partial charge in [0.05, 0.1) is 18.8 Å². The van der Waals surface area contributed by atoms with Gasteiger partial charge in [-0.25, -0.2) is 13.4 Å². The lowest BCUT2D eigenvalue weighted by molar-refractivity contribution is 0.603. The molecule has 10 heteroatoms. The number of anilines is 1. The van der Waals surface area contributed by atoms with Crippen molar-refractivity contribution < 1.29 is 8.42 Å². The van der Waals surface area contributed by atoms with Crippen molar-refractivity contribution >= 4 is 81.3 Å². The predicted molar refractivity (Wildman–Crippen MR) is 77.7 cm³/mol. The second kappa shape index (κ2) is 5.14. The molecule has 0 aliphatic rings. The molecule has 0 saturated carbocycles. The van der Waals surface area contributed by atoms with E-state index >= 15 is 0 Å². The van der Waals surface area contributed by atoms with Crippen LogP contribution in [0.15, 0.2) is 24.7 Å². The largest absolute Gasteiger partial charge is 0.274 e. The Kier molecular flexibility index (Phi) is 4.16. The first-order chi connectivity index (χ1) is 7.88.